The van der Waals surface area contributed by atoms with E-state index in [-0.39, 0.29) is 6.04 Å². The molecule has 0 spiro atoms. The van der Waals surface area contributed by atoms with Crippen molar-refractivity contribution in [2.24, 2.45) is 0 Å². The summed E-state index contributed by atoms with van der Waals surface area (Å²) < 4.78 is 0. The van der Waals surface area contributed by atoms with E-state index in [0.717, 1.165) is 37.6 Å². The van der Waals surface area contributed by atoms with Crippen molar-refractivity contribution in [2.75, 3.05) is 41.7 Å². The summed E-state index contributed by atoms with van der Waals surface area (Å²) in [5.74, 6) is 1.70. The first kappa shape index (κ1) is 26.5. The highest BCUT2D eigenvalue weighted by molar-refractivity contribution is 5.60. The minimum Gasteiger partial charge on any atom is -0.338 e. The van der Waals surface area contributed by atoms with E-state index in [2.05, 4.69) is 119 Å². The van der Waals surface area contributed by atoms with Crippen LogP contribution in [0.25, 0.3) is 0 Å². The Morgan fingerprint density at radius 1 is 0.561 bits per heavy atom. The number of aromatic nitrogens is 3. The van der Waals surface area contributed by atoms with Gasteiger partial charge in [0.2, 0.25) is 17.8 Å². The summed E-state index contributed by atoms with van der Waals surface area (Å²) in [6.07, 6.45) is 0. The van der Waals surface area contributed by atoms with Crippen LogP contribution in [0, 0.1) is 13.8 Å². The quantitative estimate of drug-likeness (QED) is 0.222. The molecule has 0 amide bonds. The molecule has 4 aromatic carbocycles. The second-order valence-corrected chi connectivity index (χ2v) is 10.5. The first-order valence-corrected chi connectivity index (χ1v) is 14.1. The van der Waals surface area contributed by atoms with E-state index in [1.165, 1.54) is 22.3 Å². The minimum atomic E-state index is 0.204. The number of piperazine rings is 1. The molecule has 0 saturated carbocycles. The Labute approximate surface area is 241 Å². The summed E-state index contributed by atoms with van der Waals surface area (Å²) in [6.45, 7) is 7.56. The molecular weight excluding hydrogens is 506 g/mol. The van der Waals surface area contributed by atoms with Crippen molar-refractivity contribution < 1.29 is 0 Å². The van der Waals surface area contributed by atoms with E-state index in [9.17, 15) is 0 Å². The molecule has 41 heavy (non-hydrogen) atoms. The summed E-state index contributed by atoms with van der Waals surface area (Å²) in [5.41, 5.74) is 6.85. The third-order valence-corrected chi connectivity index (χ3v) is 7.36. The average Bonchev–Trinajstić information content (AvgIpc) is 2.99. The third kappa shape index (κ3) is 6.53. The fourth-order valence-electron chi connectivity index (χ4n) is 5.39. The van der Waals surface area contributed by atoms with Gasteiger partial charge in [-0.3, -0.25) is 4.90 Å². The maximum absolute atomic E-state index is 4.86. The summed E-state index contributed by atoms with van der Waals surface area (Å²) in [5, 5.41) is 6.78. The summed E-state index contributed by atoms with van der Waals surface area (Å²) in [6, 6.07) is 38.2. The minimum absolute atomic E-state index is 0.204. The van der Waals surface area contributed by atoms with E-state index in [4.69, 9.17) is 15.0 Å². The monoisotopic (exact) mass is 541 g/mol. The van der Waals surface area contributed by atoms with Crippen LogP contribution in [0.4, 0.5) is 29.2 Å². The lowest BCUT2D eigenvalue weighted by molar-refractivity contribution is 0.211. The third-order valence-electron chi connectivity index (χ3n) is 7.36. The van der Waals surface area contributed by atoms with E-state index in [1.807, 2.05) is 24.3 Å². The zero-order valence-corrected chi connectivity index (χ0v) is 23.5. The lowest BCUT2D eigenvalue weighted by atomic mass is 9.96. The van der Waals surface area contributed by atoms with Gasteiger partial charge in [-0.1, -0.05) is 84.9 Å². The molecule has 2 N–H and O–H groups in total. The molecule has 7 heteroatoms. The predicted octanol–water partition coefficient (Wildman–Crippen LogP) is 6.89. The molecule has 1 fully saturated rings. The van der Waals surface area contributed by atoms with Crippen LogP contribution in [0.1, 0.15) is 28.3 Å². The van der Waals surface area contributed by atoms with Crippen LogP contribution in [0.2, 0.25) is 0 Å². The van der Waals surface area contributed by atoms with Gasteiger partial charge in [0, 0.05) is 37.6 Å². The number of hydrogen-bond donors (Lipinski definition) is 2. The van der Waals surface area contributed by atoms with Crippen LogP contribution < -0.4 is 15.5 Å². The van der Waals surface area contributed by atoms with Gasteiger partial charge in [0.25, 0.3) is 0 Å². The number of benzene rings is 4. The van der Waals surface area contributed by atoms with Crippen LogP contribution in [0.15, 0.2) is 109 Å². The molecule has 206 valence electrons. The maximum atomic E-state index is 4.86. The Bertz CT molecular complexity index is 1480. The Hall–Kier alpha value is -4.75. The van der Waals surface area contributed by atoms with Crippen molar-refractivity contribution in [1.29, 1.82) is 0 Å². The van der Waals surface area contributed by atoms with Gasteiger partial charge in [0.05, 0.1) is 6.04 Å². The zero-order chi connectivity index (χ0) is 28.0. The van der Waals surface area contributed by atoms with Gasteiger partial charge in [-0.05, 0) is 60.4 Å². The number of nitrogens with one attached hydrogen (secondary N) is 2. The fourth-order valence-corrected chi connectivity index (χ4v) is 5.39. The van der Waals surface area contributed by atoms with Crippen molar-refractivity contribution >= 4 is 29.2 Å². The number of nitrogens with zero attached hydrogens (tertiary/aromatic N) is 5. The number of anilines is 5. The van der Waals surface area contributed by atoms with Crippen molar-refractivity contribution in [3.8, 4) is 0 Å². The molecule has 0 aliphatic carbocycles. The van der Waals surface area contributed by atoms with Gasteiger partial charge in [0.1, 0.15) is 0 Å². The second-order valence-electron chi connectivity index (χ2n) is 10.5. The van der Waals surface area contributed by atoms with E-state index in [1.54, 1.807) is 0 Å². The van der Waals surface area contributed by atoms with E-state index < -0.39 is 0 Å². The number of hydrogen-bond acceptors (Lipinski definition) is 7. The van der Waals surface area contributed by atoms with Crippen LogP contribution in [0.5, 0.6) is 0 Å². The summed E-state index contributed by atoms with van der Waals surface area (Å²) in [7, 11) is 0. The molecular formula is C34H35N7. The van der Waals surface area contributed by atoms with Crippen molar-refractivity contribution in [1.82, 2.24) is 19.9 Å². The molecule has 1 aromatic heterocycles. The molecule has 0 radical (unpaired) electrons. The lowest BCUT2D eigenvalue weighted by Gasteiger charge is -2.39. The van der Waals surface area contributed by atoms with E-state index in [0.29, 0.717) is 17.8 Å². The first-order valence-electron chi connectivity index (χ1n) is 14.1. The van der Waals surface area contributed by atoms with Crippen LogP contribution in [-0.4, -0.2) is 46.0 Å². The van der Waals surface area contributed by atoms with Crippen molar-refractivity contribution in [3.63, 3.8) is 0 Å². The highest BCUT2D eigenvalue weighted by Crippen LogP contribution is 2.30. The highest BCUT2D eigenvalue weighted by Gasteiger charge is 2.27. The van der Waals surface area contributed by atoms with Crippen LogP contribution in [0.3, 0.4) is 0 Å². The standard InChI is InChI=1S/C34H35N7/c1-25-11-9-17-29(23-25)35-32-37-33(36-30-18-10-12-26(2)24-30)39-34(38-32)41-21-19-40(20-22-41)31(27-13-5-3-6-14-27)28-15-7-4-8-16-28/h3-18,23-24,31H,19-22H2,1-2H3,(H2,35,36,37,38,39). The van der Waals surface area contributed by atoms with Crippen molar-refractivity contribution in [3.05, 3.63) is 131 Å². The van der Waals surface area contributed by atoms with Gasteiger partial charge in [-0.15, -0.1) is 0 Å². The largest absolute Gasteiger partial charge is 0.338 e. The van der Waals surface area contributed by atoms with Crippen molar-refractivity contribution in [2.45, 2.75) is 19.9 Å². The predicted molar refractivity (Wildman–Crippen MR) is 167 cm³/mol. The molecule has 7 nitrogen and oxygen atoms in total. The Kier molecular flexibility index (Phi) is 7.87. The molecule has 5 aromatic rings. The number of aryl methyl sites for hydroxylation is 2. The van der Waals surface area contributed by atoms with Gasteiger partial charge in [0.15, 0.2) is 0 Å². The average molecular weight is 542 g/mol. The molecule has 2 heterocycles. The van der Waals surface area contributed by atoms with Gasteiger partial charge in [-0.2, -0.15) is 15.0 Å². The number of rotatable bonds is 8. The summed E-state index contributed by atoms with van der Waals surface area (Å²) >= 11 is 0. The van der Waals surface area contributed by atoms with Crippen LogP contribution in [-0.2, 0) is 0 Å². The lowest BCUT2D eigenvalue weighted by Crippen LogP contribution is -2.48. The van der Waals surface area contributed by atoms with E-state index >= 15 is 0 Å². The molecule has 1 aliphatic rings. The Balaban J connectivity index is 1.26. The van der Waals surface area contributed by atoms with Gasteiger partial charge >= 0.3 is 0 Å². The molecule has 6 rings (SSSR count). The smallest absolute Gasteiger partial charge is 0.233 e. The maximum Gasteiger partial charge on any atom is 0.233 e. The second kappa shape index (κ2) is 12.2. The zero-order valence-electron chi connectivity index (χ0n) is 23.5. The van der Waals surface area contributed by atoms with Gasteiger partial charge < -0.3 is 15.5 Å². The molecule has 0 bridgehead atoms. The SMILES string of the molecule is Cc1cccc(Nc2nc(Nc3cccc(C)c3)nc(N3CCN(C(c4ccccc4)c4ccccc4)CC3)n2)c1. The van der Waals surface area contributed by atoms with Crippen LogP contribution >= 0.6 is 0 Å². The molecule has 0 unspecified atom stereocenters. The molecule has 0 atom stereocenters. The Morgan fingerprint density at radius 3 is 1.51 bits per heavy atom. The molecule has 1 saturated heterocycles. The highest BCUT2D eigenvalue weighted by atomic mass is 15.4. The Morgan fingerprint density at radius 2 is 1.05 bits per heavy atom. The summed E-state index contributed by atoms with van der Waals surface area (Å²) in [4.78, 5) is 19.3. The fraction of sp³-hybridized carbons (Fsp3) is 0.206. The first-order chi connectivity index (χ1) is 20.1. The van der Waals surface area contributed by atoms with Gasteiger partial charge in [-0.25, -0.2) is 0 Å². The molecule has 1 aliphatic heterocycles. The topological polar surface area (TPSA) is 69.2 Å². The normalized spacial score (nSPS) is 13.8.